The number of carbonyl (C=O) groups is 1. The maximum atomic E-state index is 13.6. The van der Waals surface area contributed by atoms with Gasteiger partial charge in [0.25, 0.3) is 0 Å². The van der Waals surface area contributed by atoms with Crippen molar-refractivity contribution in [3.8, 4) is 0 Å². The molecule has 4 nitrogen and oxygen atoms in total. The van der Waals surface area contributed by atoms with Crippen molar-refractivity contribution < 1.29 is 9.18 Å². The number of aromatic nitrogens is 2. The molecule has 1 aliphatic rings. The Balaban J connectivity index is 1.95. The van der Waals surface area contributed by atoms with Gasteiger partial charge in [0.05, 0.1) is 16.1 Å². The summed E-state index contributed by atoms with van der Waals surface area (Å²) in [6, 6.07) is 13.5. The van der Waals surface area contributed by atoms with E-state index in [0.29, 0.717) is 17.2 Å². The number of carbonyl (C=O) groups excluding carboxylic acids is 1. The summed E-state index contributed by atoms with van der Waals surface area (Å²) in [7, 11) is 0. The van der Waals surface area contributed by atoms with E-state index in [2.05, 4.69) is 9.97 Å². The zero-order valence-corrected chi connectivity index (χ0v) is 14.0. The van der Waals surface area contributed by atoms with Crippen LogP contribution in [0.3, 0.4) is 0 Å². The van der Waals surface area contributed by atoms with Crippen molar-refractivity contribution in [3.05, 3.63) is 82.9 Å². The summed E-state index contributed by atoms with van der Waals surface area (Å²) in [6.45, 7) is 1.81. The van der Waals surface area contributed by atoms with Crippen LogP contribution in [0.1, 0.15) is 18.1 Å². The van der Waals surface area contributed by atoms with E-state index in [9.17, 15) is 9.18 Å². The second-order valence-electron chi connectivity index (χ2n) is 5.96. The largest absolute Gasteiger partial charge is 0.273 e. The summed E-state index contributed by atoms with van der Waals surface area (Å²) in [5, 5.41) is -0.0154. The predicted molar refractivity (Wildman–Crippen MR) is 93.5 cm³/mol. The third-order valence-corrected chi connectivity index (χ3v) is 4.85. The van der Waals surface area contributed by atoms with Crippen LogP contribution in [0.2, 0.25) is 5.02 Å². The number of hydrogen-bond donors (Lipinski definition) is 0. The van der Waals surface area contributed by atoms with E-state index >= 15 is 0 Å². The van der Waals surface area contributed by atoms with Gasteiger partial charge in [-0.05, 0) is 42.3 Å². The molecule has 6 heteroatoms. The molecule has 0 saturated heterocycles. The smallest absolute Gasteiger partial charge is 0.248 e. The van der Waals surface area contributed by atoms with Gasteiger partial charge in [-0.1, -0.05) is 35.9 Å². The van der Waals surface area contributed by atoms with Crippen molar-refractivity contribution in [3.63, 3.8) is 0 Å². The fraction of sp³-hybridized carbons (Fsp3) is 0.105. The Morgan fingerprint density at radius 2 is 1.80 bits per heavy atom. The van der Waals surface area contributed by atoms with E-state index in [4.69, 9.17) is 11.6 Å². The first-order valence-electron chi connectivity index (χ1n) is 7.70. The van der Waals surface area contributed by atoms with Gasteiger partial charge < -0.3 is 0 Å². The van der Waals surface area contributed by atoms with Gasteiger partial charge in [0, 0.05) is 12.4 Å². The van der Waals surface area contributed by atoms with Crippen LogP contribution < -0.4 is 4.90 Å². The van der Waals surface area contributed by atoms with E-state index < -0.39 is 11.2 Å². The Morgan fingerprint density at radius 3 is 2.52 bits per heavy atom. The highest BCUT2D eigenvalue weighted by atomic mass is 35.5. The number of hydrogen-bond acceptors (Lipinski definition) is 3. The van der Waals surface area contributed by atoms with E-state index in [0.717, 1.165) is 5.56 Å². The van der Waals surface area contributed by atoms with Crippen molar-refractivity contribution in [2.45, 2.75) is 12.3 Å². The molecular formula is C19H13ClFN3O. The second kappa shape index (κ2) is 5.63. The first-order valence-corrected chi connectivity index (χ1v) is 8.08. The molecule has 124 valence electrons. The van der Waals surface area contributed by atoms with Crippen LogP contribution in [0.5, 0.6) is 0 Å². The van der Waals surface area contributed by atoms with E-state index in [1.165, 1.54) is 17.0 Å². The lowest BCUT2D eigenvalue weighted by atomic mass is 9.77. The molecule has 4 rings (SSSR count). The molecule has 0 fully saturated rings. The molecule has 25 heavy (non-hydrogen) atoms. The fourth-order valence-electron chi connectivity index (χ4n) is 3.23. The number of fused-ring (bicyclic) bond motifs is 1. The van der Waals surface area contributed by atoms with Crippen molar-refractivity contribution >= 4 is 29.1 Å². The Bertz CT molecular complexity index is 979. The summed E-state index contributed by atoms with van der Waals surface area (Å²) in [6.07, 6.45) is 3.17. The van der Waals surface area contributed by atoms with Crippen LogP contribution >= 0.6 is 11.6 Å². The molecule has 1 unspecified atom stereocenters. The predicted octanol–water partition coefficient (Wildman–Crippen LogP) is 4.25. The monoisotopic (exact) mass is 353 g/mol. The number of amides is 1. The molecule has 2 heterocycles. The highest BCUT2D eigenvalue weighted by Crippen LogP contribution is 2.48. The number of benzene rings is 2. The summed E-state index contributed by atoms with van der Waals surface area (Å²) in [5.41, 5.74) is 1.12. The fourth-order valence-corrected chi connectivity index (χ4v) is 3.41. The van der Waals surface area contributed by atoms with Gasteiger partial charge in [-0.15, -0.1) is 0 Å². The van der Waals surface area contributed by atoms with Gasteiger partial charge >= 0.3 is 0 Å². The zero-order chi connectivity index (χ0) is 17.6. The van der Waals surface area contributed by atoms with Crippen molar-refractivity contribution in [1.82, 2.24) is 9.97 Å². The molecule has 0 aliphatic carbocycles. The average Bonchev–Trinajstić information content (AvgIpc) is 2.87. The molecular weight excluding hydrogens is 341 g/mol. The van der Waals surface area contributed by atoms with E-state index in [1.54, 1.807) is 31.5 Å². The first kappa shape index (κ1) is 15.7. The highest BCUT2D eigenvalue weighted by molar-refractivity contribution is 6.31. The standard InChI is InChI=1S/C19H13ClFN3O/c1-19(12-7-8-15(21)14(20)11-12)13-5-2-3-6-16(13)24(17(19)25)18-22-9-4-10-23-18/h2-11H,1H3. The molecule has 1 aliphatic heterocycles. The number of para-hydroxylation sites is 1. The molecule has 3 aromatic rings. The third kappa shape index (κ3) is 2.23. The molecule has 0 radical (unpaired) electrons. The van der Waals surface area contributed by atoms with Crippen molar-refractivity contribution in [2.24, 2.45) is 0 Å². The van der Waals surface area contributed by atoms with Crippen LogP contribution in [0.4, 0.5) is 16.0 Å². The lowest BCUT2D eigenvalue weighted by Gasteiger charge is -2.24. The van der Waals surface area contributed by atoms with Crippen LogP contribution in [0, 0.1) is 5.82 Å². The van der Waals surface area contributed by atoms with Gasteiger partial charge in [0.2, 0.25) is 11.9 Å². The lowest BCUT2D eigenvalue weighted by molar-refractivity contribution is -0.120. The van der Waals surface area contributed by atoms with Crippen LogP contribution in [0.25, 0.3) is 0 Å². The van der Waals surface area contributed by atoms with Gasteiger partial charge in [-0.2, -0.15) is 0 Å². The SMILES string of the molecule is CC1(c2ccc(F)c(Cl)c2)C(=O)N(c2ncccn2)c2ccccc21. The lowest BCUT2D eigenvalue weighted by Crippen LogP contribution is -2.37. The maximum absolute atomic E-state index is 13.6. The second-order valence-corrected chi connectivity index (χ2v) is 6.37. The van der Waals surface area contributed by atoms with Gasteiger partial charge in [-0.3, -0.25) is 4.79 Å². The average molecular weight is 354 g/mol. The Morgan fingerprint density at radius 1 is 1.08 bits per heavy atom. The minimum Gasteiger partial charge on any atom is -0.273 e. The van der Waals surface area contributed by atoms with Gasteiger partial charge in [0.15, 0.2) is 0 Å². The summed E-state index contributed by atoms with van der Waals surface area (Å²) >= 11 is 5.96. The van der Waals surface area contributed by atoms with Crippen LogP contribution in [-0.2, 0) is 10.2 Å². The van der Waals surface area contributed by atoms with Gasteiger partial charge in [-0.25, -0.2) is 19.3 Å². The molecule has 1 amide bonds. The molecule has 0 saturated carbocycles. The number of anilines is 2. The molecule has 1 atom stereocenters. The van der Waals surface area contributed by atoms with Gasteiger partial charge in [0.1, 0.15) is 5.82 Å². The van der Waals surface area contributed by atoms with Crippen molar-refractivity contribution in [2.75, 3.05) is 4.90 Å². The topological polar surface area (TPSA) is 46.1 Å². The third-order valence-electron chi connectivity index (χ3n) is 4.56. The molecule has 0 bridgehead atoms. The quantitative estimate of drug-likeness (QED) is 0.691. The Kier molecular flexibility index (Phi) is 3.54. The van der Waals surface area contributed by atoms with Crippen LogP contribution in [0.15, 0.2) is 60.9 Å². The summed E-state index contributed by atoms with van der Waals surface area (Å²) < 4.78 is 13.6. The summed E-state index contributed by atoms with van der Waals surface area (Å²) in [5.74, 6) is -0.421. The summed E-state index contributed by atoms with van der Waals surface area (Å²) in [4.78, 5) is 23.3. The number of rotatable bonds is 2. The molecule has 1 aromatic heterocycles. The minimum atomic E-state index is -1.01. The molecule has 0 N–H and O–H groups in total. The van der Waals surface area contributed by atoms with E-state index in [1.807, 2.05) is 24.3 Å². The minimum absolute atomic E-state index is 0.0154. The molecule has 0 spiro atoms. The zero-order valence-electron chi connectivity index (χ0n) is 13.3. The Labute approximate surface area is 148 Å². The normalized spacial score (nSPS) is 19.2. The van der Waals surface area contributed by atoms with Crippen molar-refractivity contribution in [1.29, 1.82) is 0 Å². The first-order chi connectivity index (χ1) is 12.0. The molecule has 2 aromatic carbocycles. The number of nitrogens with zero attached hydrogens (tertiary/aromatic N) is 3. The highest BCUT2D eigenvalue weighted by Gasteiger charge is 2.50. The van der Waals surface area contributed by atoms with Crippen LogP contribution in [-0.4, -0.2) is 15.9 Å². The number of halogens is 2. The maximum Gasteiger partial charge on any atom is 0.248 e. The Hall–Kier alpha value is -2.79. The van der Waals surface area contributed by atoms with E-state index in [-0.39, 0.29) is 10.9 Å².